The largest absolute Gasteiger partial charge is 0.423 e. The lowest BCUT2D eigenvalue weighted by atomic mass is 9.96. The second kappa shape index (κ2) is 5.06. The lowest BCUT2D eigenvalue weighted by Crippen LogP contribution is -2.49. The first-order valence-corrected chi connectivity index (χ1v) is 5.92. The minimum absolute atomic E-state index is 0.176. The van der Waals surface area contributed by atoms with E-state index in [-0.39, 0.29) is 5.69 Å². The normalized spacial score (nSPS) is 14.2. The number of halogens is 3. The van der Waals surface area contributed by atoms with Crippen molar-refractivity contribution in [2.45, 2.75) is 18.6 Å². The van der Waals surface area contributed by atoms with Gasteiger partial charge >= 0.3 is 6.18 Å². The number of benzene rings is 1. The number of hydrogen-bond donors (Lipinski definition) is 2. The van der Waals surface area contributed by atoms with Crippen LogP contribution < -0.4 is 5.73 Å². The number of aromatic nitrogens is 1. The molecule has 0 saturated carbocycles. The first kappa shape index (κ1) is 14.2. The molecule has 1 aromatic heterocycles. The Labute approximate surface area is 114 Å². The van der Waals surface area contributed by atoms with Gasteiger partial charge in [0.2, 0.25) is 5.54 Å². The van der Waals surface area contributed by atoms with Crippen LogP contribution in [0.3, 0.4) is 0 Å². The molecule has 0 amide bonds. The highest BCUT2D eigenvalue weighted by molar-refractivity contribution is 5.41. The zero-order valence-electron chi connectivity index (χ0n) is 10.8. The quantitative estimate of drug-likeness (QED) is 0.773. The summed E-state index contributed by atoms with van der Waals surface area (Å²) in [4.78, 5) is 2.48. The molecule has 1 atom stereocenters. The molecule has 104 valence electrons. The fraction of sp³-hybridized carbons (Fsp3) is 0.200. The Hall–Kier alpha value is -2.19. The summed E-state index contributed by atoms with van der Waals surface area (Å²) in [6.45, 7) is 1.89. The molecular formula is C15H13F3N2. The van der Waals surface area contributed by atoms with Crippen molar-refractivity contribution in [1.29, 1.82) is 0 Å². The minimum atomic E-state index is -4.67. The van der Waals surface area contributed by atoms with Gasteiger partial charge in [0.1, 0.15) is 0 Å². The van der Waals surface area contributed by atoms with E-state index in [4.69, 9.17) is 5.73 Å². The van der Waals surface area contributed by atoms with Gasteiger partial charge in [-0.1, -0.05) is 29.5 Å². The van der Waals surface area contributed by atoms with E-state index in [9.17, 15) is 13.2 Å². The van der Waals surface area contributed by atoms with Crippen LogP contribution in [0.4, 0.5) is 13.2 Å². The number of rotatable bonds is 1. The average molecular weight is 278 g/mol. The highest BCUT2D eigenvalue weighted by Crippen LogP contribution is 2.35. The van der Waals surface area contributed by atoms with Crippen molar-refractivity contribution >= 4 is 0 Å². The summed E-state index contributed by atoms with van der Waals surface area (Å²) in [5.74, 6) is 4.64. The fourth-order valence-corrected chi connectivity index (χ4v) is 1.67. The molecule has 0 aliphatic rings. The molecule has 0 aliphatic heterocycles. The van der Waals surface area contributed by atoms with E-state index in [1.807, 2.05) is 6.92 Å². The van der Waals surface area contributed by atoms with E-state index in [0.717, 1.165) is 5.56 Å². The number of aromatic amines is 1. The maximum absolute atomic E-state index is 13.2. The van der Waals surface area contributed by atoms with Gasteiger partial charge in [-0.25, -0.2) is 0 Å². The van der Waals surface area contributed by atoms with E-state index in [1.165, 1.54) is 18.3 Å². The van der Waals surface area contributed by atoms with E-state index in [1.54, 1.807) is 24.3 Å². The second-order valence-corrected chi connectivity index (χ2v) is 4.51. The van der Waals surface area contributed by atoms with Crippen molar-refractivity contribution in [2.75, 3.05) is 0 Å². The Kier molecular flexibility index (Phi) is 3.60. The molecule has 0 spiro atoms. The van der Waals surface area contributed by atoms with Crippen molar-refractivity contribution in [1.82, 2.24) is 4.98 Å². The monoisotopic (exact) mass is 278 g/mol. The van der Waals surface area contributed by atoms with E-state index >= 15 is 0 Å². The Morgan fingerprint density at radius 2 is 1.75 bits per heavy atom. The Balaban J connectivity index is 2.43. The molecule has 5 heteroatoms. The van der Waals surface area contributed by atoms with Gasteiger partial charge in [0.15, 0.2) is 0 Å². The highest BCUT2D eigenvalue weighted by atomic mass is 19.4. The molecule has 0 fully saturated rings. The number of H-pyrrole nitrogens is 1. The molecule has 2 nitrogen and oxygen atoms in total. The van der Waals surface area contributed by atoms with Crippen LogP contribution in [0.25, 0.3) is 0 Å². The summed E-state index contributed by atoms with van der Waals surface area (Å²) in [5.41, 5.74) is 4.10. The van der Waals surface area contributed by atoms with Crippen LogP contribution >= 0.6 is 0 Å². The van der Waals surface area contributed by atoms with Crippen LogP contribution in [0, 0.1) is 18.8 Å². The predicted molar refractivity (Wildman–Crippen MR) is 70.8 cm³/mol. The molecule has 0 bridgehead atoms. The zero-order valence-corrected chi connectivity index (χ0v) is 10.8. The van der Waals surface area contributed by atoms with E-state index in [0.29, 0.717) is 5.56 Å². The Bertz CT molecular complexity index is 630. The van der Waals surface area contributed by atoms with Gasteiger partial charge < -0.3 is 10.7 Å². The summed E-state index contributed by atoms with van der Waals surface area (Å²) in [7, 11) is 0. The maximum Gasteiger partial charge on any atom is 0.423 e. The van der Waals surface area contributed by atoms with Crippen LogP contribution in [-0.2, 0) is 5.54 Å². The fourth-order valence-electron chi connectivity index (χ4n) is 1.67. The Morgan fingerprint density at radius 1 is 1.10 bits per heavy atom. The summed E-state index contributed by atoms with van der Waals surface area (Å²) < 4.78 is 39.6. The number of nitrogens with one attached hydrogen (secondary N) is 1. The molecular weight excluding hydrogens is 265 g/mol. The molecule has 0 saturated heterocycles. The van der Waals surface area contributed by atoms with Gasteiger partial charge in [-0.2, -0.15) is 13.2 Å². The molecule has 0 unspecified atom stereocenters. The van der Waals surface area contributed by atoms with Crippen LogP contribution in [0.15, 0.2) is 42.6 Å². The number of alkyl halides is 3. The van der Waals surface area contributed by atoms with Crippen molar-refractivity contribution in [3.63, 3.8) is 0 Å². The Morgan fingerprint density at radius 3 is 2.25 bits per heavy atom. The molecule has 2 aromatic rings. The molecule has 0 aliphatic carbocycles. The smallest absolute Gasteiger partial charge is 0.362 e. The number of hydrogen-bond acceptors (Lipinski definition) is 1. The average Bonchev–Trinajstić information content (AvgIpc) is 2.90. The third-order valence-corrected chi connectivity index (χ3v) is 2.93. The van der Waals surface area contributed by atoms with E-state index in [2.05, 4.69) is 16.8 Å². The minimum Gasteiger partial charge on any atom is -0.362 e. The second-order valence-electron chi connectivity index (χ2n) is 4.51. The van der Waals surface area contributed by atoms with Gasteiger partial charge in [0.25, 0.3) is 0 Å². The topological polar surface area (TPSA) is 41.8 Å². The maximum atomic E-state index is 13.2. The molecule has 3 N–H and O–H groups in total. The van der Waals surface area contributed by atoms with Gasteiger partial charge in [0, 0.05) is 11.8 Å². The van der Waals surface area contributed by atoms with Crippen LogP contribution in [0.5, 0.6) is 0 Å². The van der Waals surface area contributed by atoms with Crippen molar-refractivity contribution < 1.29 is 13.2 Å². The highest BCUT2D eigenvalue weighted by Gasteiger charge is 2.53. The summed E-state index contributed by atoms with van der Waals surface area (Å²) in [5, 5.41) is 0. The molecule has 2 rings (SSSR count). The van der Waals surface area contributed by atoms with Gasteiger partial charge in [-0.05, 0) is 31.2 Å². The zero-order chi connectivity index (χ0) is 14.8. The first-order chi connectivity index (χ1) is 9.33. The number of nitrogens with two attached hydrogens (primary N) is 1. The molecule has 20 heavy (non-hydrogen) atoms. The number of aryl methyl sites for hydroxylation is 1. The van der Waals surface area contributed by atoms with Gasteiger partial charge in [-0.15, -0.1) is 0 Å². The lowest BCUT2D eigenvalue weighted by Gasteiger charge is -2.25. The molecule has 0 radical (unpaired) electrons. The summed E-state index contributed by atoms with van der Waals surface area (Å²) in [6.07, 6.45) is -3.29. The summed E-state index contributed by atoms with van der Waals surface area (Å²) in [6, 6.07) is 9.62. The van der Waals surface area contributed by atoms with Gasteiger partial charge in [-0.3, -0.25) is 0 Å². The molecule has 1 heterocycles. The standard InChI is InChI=1S/C15H13F3N2/c1-11-4-6-12(7-5-11)8-9-14(19,15(16,17)18)13-3-2-10-20-13/h2-7,10,20H,19H2,1H3/t14-/m1/s1. The summed E-state index contributed by atoms with van der Waals surface area (Å²) >= 11 is 0. The van der Waals surface area contributed by atoms with Crippen LogP contribution in [-0.4, -0.2) is 11.2 Å². The van der Waals surface area contributed by atoms with Crippen molar-refractivity contribution in [2.24, 2.45) is 5.73 Å². The van der Waals surface area contributed by atoms with Crippen LogP contribution in [0.1, 0.15) is 16.8 Å². The van der Waals surface area contributed by atoms with Crippen LogP contribution in [0.2, 0.25) is 0 Å². The van der Waals surface area contributed by atoms with E-state index < -0.39 is 11.7 Å². The van der Waals surface area contributed by atoms with Crippen molar-refractivity contribution in [3.8, 4) is 11.8 Å². The SMILES string of the molecule is Cc1ccc(C#C[C@@](N)(c2ccc[nH]2)C(F)(F)F)cc1. The molecule has 1 aromatic carbocycles. The third-order valence-electron chi connectivity index (χ3n) is 2.93. The lowest BCUT2D eigenvalue weighted by molar-refractivity contribution is -0.172. The van der Waals surface area contributed by atoms with Crippen molar-refractivity contribution in [3.05, 3.63) is 59.4 Å². The predicted octanol–water partition coefficient (Wildman–Crippen LogP) is 3.09. The van der Waals surface area contributed by atoms with Gasteiger partial charge in [0.05, 0.1) is 5.69 Å². The first-order valence-electron chi connectivity index (χ1n) is 5.92. The third kappa shape index (κ3) is 2.70.